The van der Waals surface area contributed by atoms with Crippen LogP contribution in [-0.2, 0) is 13.2 Å². The SMILES string of the molecule is COc1cc(C(=O)/C=C/c2ccncc2)cc(CO)c1CO. The summed E-state index contributed by atoms with van der Waals surface area (Å²) >= 11 is 0. The van der Waals surface area contributed by atoms with Crippen molar-refractivity contribution in [2.75, 3.05) is 7.11 Å². The highest BCUT2D eigenvalue weighted by Crippen LogP contribution is 2.25. The van der Waals surface area contributed by atoms with Crippen LogP contribution in [0.4, 0.5) is 0 Å². The van der Waals surface area contributed by atoms with Gasteiger partial charge in [0.05, 0.1) is 20.3 Å². The van der Waals surface area contributed by atoms with Crippen LogP contribution in [0.25, 0.3) is 6.08 Å². The van der Waals surface area contributed by atoms with Crippen LogP contribution in [0.2, 0.25) is 0 Å². The number of hydrogen-bond acceptors (Lipinski definition) is 5. The number of aromatic nitrogens is 1. The van der Waals surface area contributed by atoms with Gasteiger partial charge < -0.3 is 14.9 Å². The molecule has 2 rings (SSSR count). The number of pyridine rings is 1. The molecule has 1 heterocycles. The average Bonchev–Trinajstić information content (AvgIpc) is 2.59. The number of carbonyl (C=O) groups is 1. The van der Waals surface area contributed by atoms with E-state index in [1.165, 1.54) is 13.2 Å². The number of aliphatic hydroxyl groups excluding tert-OH is 2. The summed E-state index contributed by atoms with van der Waals surface area (Å²) in [6, 6.07) is 6.70. The van der Waals surface area contributed by atoms with Gasteiger partial charge in [-0.25, -0.2) is 0 Å². The van der Waals surface area contributed by atoms with E-state index in [0.717, 1.165) is 5.56 Å². The number of benzene rings is 1. The lowest BCUT2D eigenvalue weighted by molar-refractivity contribution is 0.104. The van der Waals surface area contributed by atoms with E-state index in [1.54, 1.807) is 42.7 Å². The van der Waals surface area contributed by atoms with Crippen LogP contribution < -0.4 is 4.74 Å². The van der Waals surface area contributed by atoms with Gasteiger partial charge in [0.25, 0.3) is 0 Å². The molecule has 0 saturated heterocycles. The first-order valence-electron chi connectivity index (χ1n) is 6.73. The van der Waals surface area contributed by atoms with Crippen molar-refractivity contribution >= 4 is 11.9 Å². The van der Waals surface area contributed by atoms with Gasteiger partial charge in [0.15, 0.2) is 5.78 Å². The highest BCUT2D eigenvalue weighted by atomic mass is 16.5. The van der Waals surface area contributed by atoms with Crippen molar-refractivity contribution in [3.63, 3.8) is 0 Å². The van der Waals surface area contributed by atoms with E-state index in [-0.39, 0.29) is 19.0 Å². The molecule has 0 aliphatic carbocycles. The molecule has 0 atom stereocenters. The van der Waals surface area contributed by atoms with Crippen LogP contribution in [0, 0.1) is 0 Å². The molecule has 0 saturated carbocycles. The molecule has 0 bridgehead atoms. The largest absolute Gasteiger partial charge is 0.496 e. The second kappa shape index (κ2) is 7.49. The Morgan fingerprint density at radius 3 is 2.55 bits per heavy atom. The molecule has 0 amide bonds. The van der Waals surface area contributed by atoms with Crippen LogP contribution in [-0.4, -0.2) is 28.1 Å². The number of hydrogen-bond donors (Lipinski definition) is 2. The van der Waals surface area contributed by atoms with Crippen molar-refractivity contribution in [1.82, 2.24) is 4.98 Å². The molecule has 0 aliphatic heterocycles. The molecule has 5 nitrogen and oxygen atoms in total. The minimum absolute atomic E-state index is 0.214. The van der Waals surface area contributed by atoms with Crippen molar-refractivity contribution < 1.29 is 19.7 Å². The molecule has 0 radical (unpaired) electrons. The van der Waals surface area contributed by atoms with Gasteiger partial charge in [-0.05, 0) is 41.5 Å². The third kappa shape index (κ3) is 3.58. The molecule has 1 aromatic carbocycles. The molecule has 1 aromatic heterocycles. The smallest absolute Gasteiger partial charge is 0.185 e. The third-order valence-corrected chi connectivity index (χ3v) is 3.27. The van der Waals surface area contributed by atoms with Crippen molar-refractivity contribution in [1.29, 1.82) is 0 Å². The van der Waals surface area contributed by atoms with E-state index in [9.17, 15) is 15.0 Å². The van der Waals surface area contributed by atoms with E-state index in [2.05, 4.69) is 4.98 Å². The Hall–Kier alpha value is -2.50. The maximum Gasteiger partial charge on any atom is 0.185 e. The maximum absolute atomic E-state index is 12.3. The van der Waals surface area contributed by atoms with Crippen LogP contribution in [0.1, 0.15) is 27.0 Å². The Bertz CT molecular complexity index is 655. The van der Waals surface area contributed by atoms with Gasteiger partial charge in [0.2, 0.25) is 0 Å². The third-order valence-electron chi connectivity index (χ3n) is 3.27. The summed E-state index contributed by atoms with van der Waals surface area (Å²) in [7, 11) is 1.46. The van der Waals surface area contributed by atoms with Gasteiger partial charge in [-0.3, -0.25) is 9.78 Å². The van der Waals surface area contributed by atoms with Gasteiger partial charge in [-0.2, -0.15) is 0 Å². The summed E-state index contributed by atoms with van der Waals surface area (Å²) in [4.78, 5) is 16.2. The molecule has 5 heteroatoms. The zero-order valence-electron chi connectivity index (χ0n) is 12.2. The molecule has 0 fully saturated rings. The second-order valence-corrected chi connectivity index (χ2v) is 4.61. The van der Waals surface area contributed by atoms with Crippen LogP contribution in [0.3, 0.4) is 0 Å². The van der Waals surface area contributed by atoms with Crippen molar-refractivity contribution in [2.24, 2.45) is 0 Å². The molecular formula is C17H17NO4. The van der Waals surface area contributed by atoms with E-state index in [1.807, 2.05) is 0 Å². The Kier molecular flexibility index (Phi) is 5.41. The molecule has 2 aromatic rings. The fraction of sp³-hybridized carbons (Fsp3) is 0.176. The monoisotopic (exact) mass is 299 g/mol. The first kappa shape index (κ1) is 15.9. The first-order valence-corrected chi connectivity index (χ1v) is 6.73. The fourth-order valence-electron chi connectivity index (χ4n) is 2.09. The summed E-state index contributed by atoms with van der Waals surface area (Å²) in [6.45, 7) is -0.540. The van der Waals surface area contributed by atoms with Crippen LogP contribution in [0.5, 0.6) is 5.75 Å². The lowest BCUT2D eigenvalue weighted by atomic mass is 10.0. The highest BCUT2D eigenvalue weighted by Gasteiger charge is 2.13. The molecule has 0 unspecified atom stereocenters. The van der Waals surface area contributed by atoms with E-state index < -0.39 is 0 Å². The lowest BCUT2D eigenvalue weighted by Crippen LogP contribution is -2.03. The standard InChI is InChI=1S/C17H17NO4/c1-22-17-9-13(8-14(10-19)15(17)11-20)16(21)3-2-12-4-6-18-7-5-12/h2-9,19-20H,10-11H2,1H3/b3-2+. The number of methoxy groups -OCH3 is 1. The number of ether oxygens (including phenoxy) is 1. The Morgan fingerprint density at radius 1 is 1.23 bits per heavy atom. The maximum atomic E-state index is 12.3. The number of rotatable bonds is 6. The Balaban J connectivity index is 2.32. The first-order chi connectivity index (χ1) is 10.7. The average molecular weight is 299 g/mol. The summed E-state index contributed by atoms with van der Waals surface area (Å²) in [5, 5.41) is 18.7. The predicted molar refractivity (Wildman–Crippen MR) is 82.4 cm³/mol. The number of aliphatic hydroxyl groups is 2. The number of nitrogens with zero attached hydrogens (tertiary/aromatic N) is 1. The van der Waals surface area contributed by atoms with E-state index >= 15 is 0 Å². The van der Waals surface area contributed by atoms with Gasteiger partial charge in [0, 0.05) is 23.5 Å². The van der Waals surface area contributed by atoms with Crippen molar-refractivity contribution in [3.05, 3.63) is 65.0 Å². The Morgan fingerprint density at radius 2 is 1.95 bits per heavy atom. The van der Waals surface area contributed by atoms with Gasteiger partial charge in [-0.1, -0.05) is 6.08 Å². The van der Waals surface area contributed by atoms with E-state index in [4.69, 9.17) is 4.74 Å². The normalized spacial score (nSPS) is 10.9. The fourth-order valence-corrected chi connectivity index (χ4v) is 2.09. The lowest BCUT2D eigenvalue weighted by Gasteiger charge is -2.12. The quantitative estimate of drug-likeness (QED) is 0.630. The van der Waals surface area contributed by atoms with Crippen molar-refractivity contribution in [3.8, 4) is 5.75 Å². The zero-order chi connectivity index (χ0) is 15.9. The topological polar surface area (TPSA) is 79.7 Å². The Labute approximate surface area is 128 Å². The molecule has 2 N–H and O–H groups in total. The summed E-state index contributed by atoms with van der Waals surface area (Å²) in [6.07, 6.45) is 6.43. The second-order valence-electron chi connectivity index (χ2n) is 4.61. The summed E-state index contributed by atoms with van der Waals surface area (Å²) in [5.41, 5.74) is 2.22. The molecule has 114 valence electrons. The summed E-state index contributed by atoms with van der Waals surface area (Å²) in [5.74, 6) is 0.170. The molecule has 22 heavy (non-hydrogen) atoms. The summed E-state index contributed by atoms with van der Waals surface area (Å²) < 4.78 is 5.18. The highest BCUT2D eigenvalue weighted by molar-refractivity contribution is 6.07. The van der Waals surface area contributed by atoms with Crippen LogP contribution in [0.15, 0.2) is 42.7 Å². The predicted octanol–water partition coefficient (Wildman–Crippen LogP) is 1.97. The minimum atomic E-state index is -0.276. The molecular weight excluding hydrogens is 282 g/mol. The van der Waals surface area contributed by atoms with Crippen LogP contribution >= 0.6 is 0 Å². The van der Waals surface area contributed by atoms with Gasteiger partial charge >= 0.3 is 0 Å². The minimum Gasteiger partial charge on any atom is -0.496 e. The molecule has 0 aliphatic rings. The molecule has 0 spiro atoms. The van der Waals surface area contributed by atoms with E-state index in [0.29, 0.717) is 22.4 Å². The van der Waals surface area contributed by atoms with Crippen molar-refractivity contribution in [2.45, 2.75) is 13.2 Å². The number of carbonyl (C=O) groups excluding carboxylic acids is 1. The number of allylic oxidation sites excluding steroid dienone is 1. The number of ketones is 1. The van der Waals surface area contributed by atoms with Gasteiger partial charge in [0.1, 0.15) is 5.75 Å². The zero-order valence-corrected chi connectivity index (χ0v) is 12.2. The van der Waals surface area contributed by atoms with Gasteiger partial charge in [-0.15, -0.1) is 0 Å².